The summed E-state index contributed by atoms with van der Waals surface area (Å²) in [6, 6.07) is 0. The lowest BCUT2D eigenvalue weighted by Crippen LogP contribution is -2.47. The van der Waals surface area contributed by atoms with Crippen LogP contribution in [0.4, 0.5) is 0 Å². The van der Waals surface area contributed by atoms with Crippen LogP contribution in [0.2, 0.25) is 0 Å². The van der Waals surface area contributed by atoms with Gasteiger partial charge in [0, 0.05) is 6.54 Å². The molecule has 0 rings (SSSR count). The van der Waals surface area contributed by atoms with Crippen LogP contribution in [0.3, 0.4) is 0 Å². The Labute approximate surface area is 98.0 Å². The third kappa shape index (κ3) is 4.49. The van der Waals surface area contributed by atoms with E-state index in [0.717, 1.165) is 6.54 Å². The van der Waals surface area contributed by atoms with Crippen LogP contribution in [0.5, 0.6) is 0 Å². The molecule has 0 saturated carbocycles. The lowest BCUT2D eigenvalue weighted by Gasteiger charge is -2.24. The Morgan fingerprint density at radius 2 is 1.81 bits per heavy atom. The van der Waals surface area contributed by atoms with Crippen molar-refractivity contribution in [2.45, 2.75) is 39.9 Å². The molecule has 0 unspecified atom stereocenters. The minimum Gasteiger partial charge on any atom is -0.316 e. The van der Waals surface area contributed by atoms with Crippen LogP contribution >= 0.6 is 0 Å². The predicted molar refractivity (Wildman–Crippen MR) is 64.5 cm³/mol. The lowest BCUT2D eigenvalue weighted by molar-refractivity contribution is -0.127. The summed E-state index contributed by atoms with van der Waals surface area (Å²) in [5.41, 5.74) is -0.738. The van der Waals surface area contributed by atoms with Gasteiger partial charge in [-0.1, -0.05) is 6.92 Å². The molecule has 0 bridgehead atoms. The molecule has 0 aromatic carbocycles. The molecule has 96 valence electrons. The summed E-state index contributed by atoms with van der Waals surface area (Å²) in [7, 11) is -3.53. The van der Waals surface area contributed by atoms with E-state index in [0.29, 0.717) is 6.54 Å². The van der Waals surface area contributed by atoms with Crippen LogP contribution in [-0.4, -0.2) is 32.7 Å². The first-order valence-corrected chi connectivity index (χ1v) is 6.95. The summed E-state index contributed by atoms with van der Waals surface area (Å²) in [6.07, 6.45) is 0. The lowest BCUT2D eigenvalue weighted by atomic mass is 9.93. The largest absolute Gasteiger partial charge is 0.316 e. The number of hydrogen-bond donors (Lipinski definition) is 2. The van der Waals surface area contributed by atoms with Gasteiger partial charge in [-0.3, -0.25) is 9.52 Å². The van der Waals surface area contributed by atoms with Gasteiger partial charge in [0.1, 0.15) is 0 Å². The average Bonchev–Trinajstić information content (AvgIpc) is 2.13. The van der Waals surface area contributed by atoms with Gasteiger partial charge in [0.25, 0.3) is 0 Å². The maximum atomic E-state index is 11.8. The molecular formula is C10H22N2O3S. The standard InChI is InChI=1S/C10H22N2O3S/c1-6-11-7-10(4,5)9(13)12-16(14,15)8(2)3/h8,11H,6-7H2,1-5H3,(H,12,13). The molecule has 0 aromatic rings. The summed E-state index contributed by atoms with van der Waals surface area (Å²) in [5.74, 6) is -0.470. The molecule has 0 aromatic heterocycles. The number of carbonyl (C=O) groups is 1. The molecule has 0 atom stereocenters. The third-order valence-electron chi connectivity index (χ3n) is 2.29. The van der Waals surface area contributed by atoms with Gasteiger partial charge in [0.05, 0.1) is 10.7 Å². The van der Waals surface area contributed by atoms with E-state index in [-0.39, 0.29) is 0 Å². The second-order valence-corrected chi connectivity index (χ2v) is 6.93. The number of sulfonamides is 1. The maximum absolute atomic E-state index is 11.8. The van der Waals surface area contributed by atoms with Gasteiger partial charge in [0.2, 0.25) is 15.9 Å². The number of amides is 1. The smallest absolute Gasteiger partial charge is 0.240 e. The highest BCUT2D eigenvalue weighted by Gasteiger charge is 2.31. The number of carbonyl (C=O) groups excluding carboxylic acids is 1. The summed E-state index contributed by atoms with van der Waals surface area (Å²) < 4.78 is 25.1. The molecule has 0 aliphatic heterocycles. The Morgan fingerprint density at radius 3 is 2.19 bits per heavy atom. The van der Waals surface area contributed by atoms with Crippen LogP contribution in [0.15, 0.2) is 0 Å². The van der Waals surface area contributed by atoms with Crippen molar-refractivity contribution in [3.8, 4) is 0 Å². The zero-order valence-corrected chi connectivity index (χ0v) is 11.4. The van der Waals surface area contributed by atoms with E-state index in [1.165, 1.54) is 13.8 Å². The molecule has 1 amide bonds. The highest BCUT2D eigenvalue weighted by Crippen LogP contribution is 2.14. The van der Waals surface area contributed by atoms with Crippen molar-refractivity contribution in [2.75, 3.05) is 13.1 Å². The Bertz CT molecular complexity index is 334. The van der Waals surface area contributed by atoms with Gasteiger partial charge >= 0.3 is 0 Å². The number of nitrogens with one attached hydrogen (secondary N) is 2. The Morgan fingerprint density at radius 1 is 1.31 bits per heavy atom. The minimum absolute atomic E-state index is 0.447. The fraction of sp³-hybridized carbons (Fsp3) is 0.900. The van der Waals surface area contributed by atoms with Crippen molar-refractivity contribution in [3.05, 3.63) is 0 Å². The molecule has 6 heteroatoms. The molecule has 0 radical (unpaired) electrons. The van der Waals surface area contributed by atoms with Gasteiger partial charge in [-0.25, -0.2) is 8.42 Å². The highest BCUT2D eigenvalue weighted by atomic mass is 32.2. The molecule has 0 fully saturated rings. The van der Waals surface area contributed by atoms with Gasteiger partial charge in [-0.2, -0.15) is 0 Å². The molecule has 0 spiro atoms. The van der Waals surface area contributed by atoms with Crippen LogP contribution in [0.25, 0.3) is 0 Å². The van der Waals surface area contributed by atoms with Gasteiger partial charge < -0.3 is 5.32 Å². The Balaban J connectivity index is 4.58. The van der Waals surface area contributed by atoms with Crippen LogP contribution in [-0.2, 0) is 14.8 Å². The van der Waals surface area contributed by atoms with E-state index >= 15 is 0 Å². The SMILES string of the molecule is CCNCC(C)(C)C(=O)NS(=O)(=O)C(C)C. The van der Waals surface area contributed by atoms with Crippen molar-refractivity contribution in [2.24, 2.45) is 5.41 Å². The topological polar surface area (TPSA) is 75.3 Å². The van der Waals surface area contributed by atoms with Crippen molar-refractivity contribution in [3.63, 3.8) is 0 Å². The van der Waals surface area contributed by atoms with Gasteiger partial charge in [-0.15, -0.1) is 0 Å². The van der Waals surface area contributed by atoms with E-state index < -0.39 is 26.6 Å². The molecule has 0 aliphatic rings. The van der Waals surface area contributed by atoms with E-state index in [2.05, 4.69) is 10.0 Å². The first kappa shape index (κ1) is 15.4. The molecule has 2 N–H and O–H groups in total. The van der Waals surface area contributed by atoms with E-state index in [9.17, 15) is 13.2 Å². The van der Waals surface area contributed by atoms with E-state index in [1.54, 1.807) is 13.8 Å². The predicted octanol–water partition coefficient (Wildman–Crippen LogP) is 0.477. The third-order valence-corrected chi connectivity index (χ3v) is 4.00. The molecule has 0 saturated heterocycles. The monoisotopic (exact) mass is 250 g/mol. The van der Waals surface area contributed by atoms with Gasteiger partial charge in [-0.05, 0) is 34.2 Å². The quantitative estimate of drug-likeness (QED) is 0.719. The molecular weight excluding hydrogens is 228 g/mol. The van der Waals surface area contributed by atoms with Gasteiger partial charge in [0.15, 0.2) is 0 Å². The second-order valence-electron chi connectivity index (χ2n) is 4.69. The number of hydrogen-bond acceptors (Lipinski definition) is 4. The van der Waals surface area contributed by atoms with Crippen molar-refractivity contribution in [1.82, 2.24) is 10.0 Å². The summed E-state index contributed by atoms with van der Waals surface area (Å²) in [4.78, 5) is 11.8. The van der Waals surface area contributed by atoms with Crippen LogP contribution in [0, 0.1) is 5.41 Å². The fourth-order valence-corrected chi connectivity index (χ4v) is 1.67. The summed E-state index contributed by atoms with van der Waals surface area (Å²) in [5, 5.41) is 2.42. The van der Waals surface area contributed by atoms with Crippen molar-refractivity contribution < 1.29 is 13.2 Å². The Kier molecular flexibility index (Phi) is 5.41. The first-order chi connectivity index (χ1) is 7.13. The zero-order chi connectivity index (χ0) is 13.0. The summed E-state index contributed by atoms with van der Waals surface area (Å²) in [6.45, 7) is 9.61. The normalized spacial score (nSPS) is 12.9. The fourth-order valence-electron chi connectivity index (χ4n) is 0.903. The average molecular weight is 250 g/mol. The summed E-state index contributed by atoms with van der Waals surface area (Å²) >= 11 is 0. The van der Waals surface area contributed by atoms with Crippen LogP contribution in [0.1, 0.15) is 34.6 Å². The minimum atomic E-state index is -3.53. The highest BCUT2D eigenvalue weighted by molar-refractivity contribution is 7.90. The molecule has 5 nitrogen and oxygen atoms in total. The molecule has 0 aliphatic carbocycles. The number of rotatable bonds is 6. The van der Waals surface area contributed by atoms with Crippen molar-refractivity contribution in [1.29, 1.82) is 0 Å². The zero-order valence-electron chi connectivity index (χ0n) is 10.6. The van der Waals surface area contributed by atoms with E-state index in [1.807, 2.05) is 6.92 Å². The van der Waals surface area contributed by atoms with Crippen LogP contribution < -0.4 is 10.0 Å². The first-order valence-electron chi connectivity index (χ1n) is 5.40. The second kappa shape index (κ2) is 5.63. The van der Waals surface area contributed by atoms with Crippen molar-refractivity contribution >= 4 is 15.9 Å². The van der Waals surface area contributed by atoms with E-state index in [4.69, 9.17) is 0 Å². The maximum Gasteiger partial charge on any atom is 0.240 e. The molecule has 16 heavy (non-hydrogen) atoms. The molecule has 0 heterocycles. The Hall–Kier alpha value is -0.620.